The van der Waals surface area contributed by atoms with E-state index in [1.807, 2.05) is 36.4 Å². The summed E-state index contributed by atoms with van der Waals surface area (Å²) in [5.41, 5.74) is 4.25. The minimum atomic E-state index is -0.683. The molecule has 4 heteroatoms. The van der Waals surface area contributed by atoms with Crippen LogP contribution in [-0.2, 0) is 50.3 Å². The smallest absolute Gasteiger partial charge is 0.230 e. The summed E-state index contributed by atoms with van der Waals surface area (Å²) >= 11 is 0. The van der Waals surface area contributed by atoms with Crippen LogP contribution in [0.2, 0.25) is 0 Å². The fraction of sp³-hybridized carbons (Fsp3) is 0.364. The van der Waals surface area contributed by atoms with Crippen LogP contribution < -0.4 is 4.90 Å². The van der Waals surface area contributed by atoms with E-state index in [2.05, 4.69) is 26.0 Å². The van der Waals surface area contributed by atoms with Crippen LogP contribution in [0.1, 0.15) is 48.9 Å². The number of benzene rings is 2. The summed E-state index contributed by atoms with van der Waals surface area (Å²) in [7, 11) is 0. The fourth-order valence-electron chi connectivity index (χ4n) is 3.48. The molecule has 3 nitrogen and oxygen atoms in total. The summed E-state index contributed by atoms with van der Waals surface area (Å²) in [6, 6.07) is 15.9. The van der Waals surface area contributed by atoms with Crippen LogP contribution in [0.4, 0.5) is 5.69 Å². The predicted octanol–water partition coefficient (Wildman–Crippen LogP) is 4.24. The van der Waals surface area contributed by atoms with Gasteiger partial charge in [0.1, 0.15) is 0 Å². The molecular weight excluding hydrogens is 399 g/mol. The predicted molar refractivity (Wildman–Crippen MR) is 101 cm³/mol. The third-order valence-electron chi connectivity index (χ3n) is 4.94. The van der Waals surface area contributed by atoms with Crippen LogP contribution in [0.15, 0.2) is 48.5 Å². The second-order valence-corrected chi connectivity index (χ2v) is 6.74. The number of hydrogen-bond acceptors (Lipinski definition) is 2. The molecule has 2 aromatic rings. The number of carbonyl (C=O) groups is 1. The molecule has 1 amide bonds. The zero-order valence-corrected chi connectivity index (χ0v) is 18.2. The van der Waals surface area contributed by atoms with Crippen LogP contribution in [0, 0.1) is 6.92 Å². The van der Waals surface area contributed by atoms with Gasteiger partial charge in [-0.25, -0.2) is 0 Å². The van der Waals surface area contributed by atoms with E-state index in [0.29, 0.717) is 0 Å². The number of anilines is 1. The maximum absolute atomic E-state index is 12.5. The van der Waals surface area contributed by atoms with Crippen molar-refractivity contribution in [2.45, 2.75) is 51.2 Å². The number of aliphatic hydroxyl groups is 1. The Bertz CT molecular complexity index is 712. The minimum Gasteiger partial charge on any atom is -0.390 e. The Morgan fingerprint density at radius 3 is 2.27 bits per heavy atom. The first-order chi connectivity index (χ1) is 12.1. The van der Waals surface area contributed by atoms with Crippen molar-refractivity contribution in [3.8, 4) is 0 Å². The van der Waals surface area contributed by atoms with E-state index >= 15 is 0 Å². The van der Waals surface area contributed by atoms with E-state index in [1.165, 1.54) is 18.4 Å². The third-order valence-corrected chi connectivity index (χ3v) is 4.94. The maximum Gasteiger partial charge on any atom is 0.230 e. The van der Waals surface area contributed by atoms with Crippen molar-refractivity contribution in [3.63, 3.8) is 0 Å². The first-order valence-corrected chi connectivity index (χ1v) is 9.11. The van der Waals surface area contributed by atoms with Crippen molar-refractivity contribution in [2.24, 2.45) is 0 Å². The molecule has 3 rings (SSSR count). The van der Waals surface area contributed by atoms with E-state index in [9.17, 15) is 9.90 Å². The Morgan fingerprint density at radius 1 is 1.08 bits per heavy atom. The first-order valence-electron chi connectivity index (χ1n) is 9.11. The van der Waals surface area contributed by atoms with Gasteiger partial charge in [0, 0.05) is 38.4 Å². The standard InChI is InChI=1S/C22H26NO2.Y/c1-3-5-6-17-9-13-19(14-10-17)23-21(25)15-20(24)22(23)18-11-7-16(4-2)8-12-18;/h7-14,20,22,24H,2-6,15H2,1H3;/q-1;. The quantitative estimate of drug-likeness (QED) is 0.704. The monoisotopic (exact) mass is 425 g/mol. The molecule has 0 aliphatic carbocycles. The Labute approximate surface area is 181 Å². The average molecular weight is 425 g/mol. The van der Waals surface area contributed by atoms with Gasteiger partial charge in [0.15, 0.2) is 0 Å². The number of hydrogen-bond donors (Lipinski definition) is 1. The van der Waals surface area contributed by atoms with Gasteiger partial charge in [0.2, 0.25) is 5.91 Å². The van der Waals surface area contributed by atoms with Gasteiger partial charge in [-0.05, 0) is 36.1 Å². The number of carbonyl (C=O) groups excluding carboxylic acids is 1. The summed E-state index contributed by atoms with van der Waals surface area (Å²) in [6.45, 7) is 6.07. The number of nitrogens with zero attached hydrogens (tertiary/aromatic N) is 1. The summed E-state index contributed by atoms with van der Waals surface area (Å²) < 4.78 is 0. The molecule has 0 saturated carbocycles. The van der Waals surface area contributed by atoms with Crippen LogP contribution in [-0.4, -0.2) is 17.1 Å². The first kappa shape index (κ1) is 21.3. The SMILES string of the molecule is [CH2-]Cc1ccc(C2C(O)CC(=O)N2c2ccc(CCCC)cc2)cc1.[Y]. The number of unbranched alkanes of at least 4 members (excludes halogenated alkanes) is 1. The molecule has 0 aromatic heterocycles. The zero-order valence-electron chi connectivity index (χ0n) is 15.4. The zero-order chi connectivity index (χ0) is 17.8. The topological polar surface area (TPSA) is 40.5 Å². The number of amides is 1. The summed E-state index contributed by atoms with van der Waals surface area (Å²) in [5.74, 6) is -0.0277. The molecular formula is C22H26NO2Y-. The van der Waals surface area contributed by atoms with Gasteiger partial charge < -0.3 is 16.9 Å². The van der Waals surface area contributed by atoms with Crippen molar-refractivity contribution >= 4 is 11.6 Å². The van der Waals surface area contributed by atoms with Gasteiger partial charge in [-0.15, -0.1) is 0 Å². The van der Waals surface area contributed by atoms with Gasteiger partial charge >= 0.3 is 0 Å². The van der Waals surface area contributed by atoms with Crippen LogP contribution in [0.3, 0.4) is 0 Å². The molecule has 1 N–H and O–H groups in total. The Hall–Kier alpha value is -1.03. The molecule has 135 valence electrons. The third kappa shape index (κ3) is 4.63. The van der Waals surface area contributed by atoms with Crippen molar-refractivity contribution in [1.82, 2.24) is 0 Å². The van der Waals surface area contributed by atoms with Gasteiger partial charge in [-0.1, -0.05) is 55.3 Å². The molecule has 26 heavy (non-hydrogen) atoms. The molecule has 1 radical (unpaired) electrons. The maximum atomic E-state index is 12.5. The van der Waals surface area contributed by atoms with Gasteiger partial charge in [-0.3, -0.25) is 4.79 Å². The largest absolute Gasteiger partial charge is 0.390 e. The number of aryl methyl sites for hydroxylation is 1. The molecule has 1 heterocycles. The van der Waals surface area contributed by atoms with Crippen molar-refractivity contribution < 1.29 is 42.6 Å². The summed E-state index contributed by atoms with van der Waals surface area (Å²) in [4.78, 5) is 14.2. The number of aliphatic hydroxyl groups excluding tert-OH is 1. The second-order valence-electron chi connectivity index (χ2n) is 6.74. The molecule has 2 atom stereocenters. The van der Waals surface area contributed by atoms with E-state index in [0.717, 1.165) is 29.7 Å². The molecule has 1 aliphatic heterocycles. The van der Waals surface area contributed by atoms with E-state index in [1.54, 1.807) is 4.90 Å². The molecule has 1 fully saturated rings. The van der Waals surface area contributed by atoms with Crippen LogP contribution >= 0.6 is 0 Å². The van der Waals surface area contributed by atoms with Crippen molar-refractivity contribution in [2.75, 3.05) is 4.90 Å². The minimum absolute atomic E-state index is 0. The van der Waals surface area contributed by atoms with Gasteiger partial charge in [0.05, 0.1) is 18.6 Å². The normalized spacial score (nSPS) is 19.5. The average Bonchev–Trinajstić information content (AvgIpc) is 2.94. The molecule has 1 saturated heterocycles. The summed E-state index contributed by atoms with van der Waals surface area (Å²) in [6.07, 6.45) is 3.61. The Balaban J connectivity index is 0.00000243. The molecule has 0 spiro atoms. The molecule has 2 aromatic carbocycles. The molecule has 1 aliphatic rings. The van der Waals surface area contributed by atoms with E-state index in [-0.39, 0.29) is 51.1 Å². The van der Waals surface area contributed by atoms with Crippen LogP contribution in [0.5, 0.6) is 0 Å². The van der Waals surface area contributed by atoms with E-state index in [4.69, 9.17) is 0 Å². The van der Waals surface area contributed by atoms with Gasteiger partial charge in [-0.2, -0.15) is 6.42 Å². The molecule has 0 bridgehead atoms. The van der Waals surface area contributed by atoms with Gasteiger partial charge in [0.25, 0.3) is 0 Å². The second kappa shape index (κ2) is 9.78. The van der Waals surface area contributed by atoms with E-state index < -0.39 is 6.10 Å². The Morgan fingerprint density at radius 2 is 1.69 bits per heavy atom. The Kier molecular flexibility index (Phi) is 8.00. The van der Waals surface area contributed by atoms with Crippen LogP contribution in [0.25, 0.3) is 0 Å². The van der Waals surface area contributed by atoms with Crippen molar-refractivity contribution in [1.29, 1.82) is 0 Å². The molecule has 2 unspecified atom stereocenters. The summed E-state index contributed by atoms with van der Waals surface area (Å²) in [5, 5.41) is 10.5. The fourth-order valence-corrected chi connectivity index (χ4v) is 3.48. The van der Waals surface area contributed by atoms with Crippen molar-refractivity contribution in [3.05, 3.63) is 72.1 Å². The number of rotatable bonds is 6.